The monoisotopic (exact) mass is 334 g/mol. The van der Waals surface area contributed by atoms with Crippen molar-refractivity contribution in [3.8, 4) is 0 Å². The molecule has 5 nitrogen and oxygen atoms in total. The normalized spacial score (nSPS) is 22.4. The molecule has 126 valence electrons. The Balaban J connectivity index is 1.76. The molecular formula is C20H18N2O3. The first-order valence-electron chi connectivity index (χ1n) is 8.36. The fourth-order valence-electron chi connectivity index (χ4n) is 3.78. The Morgan fingerprint density at radius 2 is 1.28 bits per heavy atom. The Hall–Kier alpha value is -2.95. The molecule has 1 fully saturated rings. The van der Waals surface area contributed by atoms with Crippen molar-refractivity contribution in [3.05, 3.63) is 71.3 Å². The third kappa shape index (κ3) is 2.12. The van der Waals surface area contributed by atoms with Crippen LogP contribution in [-0.4, -0.2) is 39.6 Å². The van der Waals surface area contributed by atoms with E-state index < -0.39 is 6.04 Å². The van der Waals surface area contributed by atoms with E-state index in [1.54, 1.807) is 29.2 Å². The van der Waals surface area contributed by atoms with Crippen molar-refractivity contribution in [2.45, 2.75) is 32.0 Å². The predicted octanol–water partition coefficient (Wildman–Crippen LogP) is 2.64. The van der Waals surface area contributed by atoms with Gasteiger partial charge in [-0.3, -0.25) is 19.3 Å². The van der Waals surface area contributed by atoms with E-state index >= 15 is 0 Å². The Morgan fingerprint density at radius 3 is 1.80 bits per heavy atom. The molecule has 2 heterocycles. The number of nitrogens with zero attached hydrogens (tertiary/aromatic N) is 2. The Morgan fingerprint density at radius 1 is 0.760 bits per heavy atom. The van der Waals surface area contributed by atoms with Crippen molar-refractivity contribution in [1.82, 2.24) is 9.80 Å². The maximum absolute atomic E-state index is 12.8. The highest BCUT2D eigenvalue weighted by Gasteiger charge is 2.57. The van der Waals surface area contributed by atoms with Crippen LogP contribution in [0.3, 0.4) is 0 Å². The van der Waals surface area contributed by atoms with Gasteiger partial charge < -0.3 is 4.90 Å². The number of likely N-dealkylation sites (tertiary alicyclic amines) is 1. The topological polar surface area (TPSA) is 57.7 Å². The zero-order valence-electron chi connectivity index (χ0n) is 14.0. The number of carbonyl (C=O) groups is 3. The fraction of sp³-hybridized carbons (Fsp3) is 0.250. The molecule has 2 aromatic rings. The second-order valence-corrected chi connectivity index (χ2v) is 6.67. The van der Waals surface area contributed by atoms with Gasteiger partial charge >= 0.3 is 0 Å². The lowest BCUT2D eigenvalue weighted by Crippen LogP contribution is -2.68. The highest BCUT2D eigenvalue weighted by molar-refractivity contribution is 6.23. The van der Waals surface area contributed by atoms with Crippen LogP contribution in [0.1, 0.15) is 46.2 Å². The van der Waals surface area contributed by atoms with Gasteiger partial charge in [0, 0.05) is 6.04 Å². The summed E-state index contributed by atoms with van der Waals surface area (Å²) in [6.45, 7) is 3.87. The number of imide groups is 1. The minimum Gasteiger partial charge on any atom is -0.329 e. The number of benzene rings is 2. The van der Waals surface area contributed by atoms with Crippen LogP contribution in [0.15, 0.2) is 54.6 Å². The summed E-state index contributed by atoms with van der Waals surface area (Å²) < 4.78 is 0. The van der Waals surface area contributed by atoms with Gasteiger partial charge in [-0.1, -0.05) is 42.5 Å². The van der Waals surface area contributed by atoms with E-state index in [2.05, 4.69) is 0 Å². The molecule has 2 aliphatic heterocycles. The summed E-state index contributed by atoms with van der Waals surface area (Å²) in [4.78, 5) is 41.2. The van der Waals surface area contributed by atoms with Gasteiger partial charge in [-0.25, -0.2) is 0 Å². The number of rotatable bonds is 3. The molecule has 0 N–H and O–H groups in total. The van der Waals surface area contributed by atoms with Gasteiger partial charge in [0.15, 0.2) is 0 Å². The number of carbonyl (C=O) groups excluding carboxylic acids is 3. The van der Waals surface area contributed by atoms with Crippen LogP contribution in [0, 0.1) is 0 Å². The minimum absolute atomic E-state index is 0.0101. The van der Waals surface area contributed by atoms with E-state index in [1.165, 1.54) is 0 Å². The molecule has 0 saturated carbocycles. The number of hydrogen-bond acceptors (Lipinski definition) is 3. The van der Waals surface area contributed by atoms with Gasteiger partial charge in [0.25, 0.3) is 11.8 Å². The molecule has 0 spiro atoms. The zero-order valence-corrected chi connectivity index (χ0v) is 14.0. The van der Waals surface area contributed by atoms with E-state index in [0.717, 1.165) is 10.5 Å². The standard InChI is InChI=1S/C20H18N2O3/c1-12(2)21-16(13-8-4-3-5-9-13)17(20(21)25)22-18(23)14-10-6-7-11-15(14)19(22)24/h3-12,16-17H,1-2H3/t16-,17-/m0/s1. The van der Waals surface area contributed by atoms with E-state index in [1.807, 2.05) is 44.2 Å². The highest BCUT2D eigenvalue weighted by Crippen LogP contribution is 2.42. The second kappa shape index (κ2) is 5.55. The largest absolute Gasteiger partial charge is 0.329 e. The summed E-state index contributed by atoms with van der Waals surface area (Å²) in [7, 11) is 0. The lowest BCUT2D eigenvalue weighted by atomic mass is 9.86. The molecule has 2 atom stereocenters. The SMILES string of the molecule is CC(C)N1C(=O)[C@@H](N2C(=O)c3ccccc3C2=O)[C@@H]1c1ccccc1. The average molecular weight is 334 g/mol. The van der Waals surface area contributed by atoms with Gasteiger partial charge in [0.2, 0.25) is 5.91 Å². The third-order valence-corrected chi connectivity index (χ3v) is 4.91. The quantitative estimate of drug-likeness (QED) is 0.640. The van der Waals surface area contributed by atoms with Crippen LogP contribution in [0.2, 0.25) is 0 Å². The molecule has 2 aliphatic rings. The van der Waals surface area contributed by atoms with E-state index in [-0.39, 0.29) is 29.8 Å². The van der Waals surface area contributed by atoms with Crippen LogP contribution < -0.4 is 0 Å². The summed E-state index contributed by atoms with van der Waals surface area (Å²) in [5.41, 5.74) is 1.67. The van der Waals surface area contributed by atoms with Crippen LogP contribution in [0.4, 0.5) is 0 Å². The molecule has 0 unspecified atom stereocenters. The molecule has 0 bridgehead atoms. The maximum Gasteiger partial charge on any atom is 0.262 e. The van der Waals surface area contributed by atoms with Gasteiger partial charge in [-0.2, -0.15) is 0 Å². The van der Waals surface area contributed by atoms with Crippen molar-refractivity contribution in [2.75, 3.05) is 0 Å². The molecule has 0 radical (unpaired) electrons. The first-order chi connectivity index (χ1) is 12.0. The summed E-state index contributed by atoms with van der Waals surface area (Å²) >= 11 is 0. The predicted molar refractivity (Wildman–Crippen MR) is 91.9 cm³/mol. The molecule has 5 heteroatoms. The van der Waals surface area contributed by atoms with Gasteiger partial charge in [0.05, 0.1) is 17.2 Å². The van der Waals surface area contributed by atoms with Crippen molar-refractivity contribution < 1.29 is 14.4 Å². The summed E-state index contributed by atoms with van der Waals surface area (Å²) in [5, 5.41) is 0. The first kappa shape index (κ1) is 15.6. The van der Waals surface area contributed by atoms with Crippen molar-refractivity contribution in [1.29, 1.82) is 0 Å². The number of amides is 3. The molecule has 25 heavy (non-hydrogen) atoms. The number of fused-ring (bicyclic) bond motifs is 1. The molecule has 3 amide bonds. The Kier molecular flexibility index (Phi) is 3.46. The molecule has 0 aliphatic carbocycles. The lowest BCUT2D eigenvalue weighted by molar-refractivity contribution is -0.159. The summed E-state index contributed by atoms with van der Waals surface area (Å²) in [5.74, 6) is -0.954. The van der Waals surface area contributed by atoms with Gasteiger partial charge in [0.1, 0.15) is 6.04 Å². The summed E-state index contributed by atoms with van der Waals surface area (Å²) in [6.07, 6.45) is 0. The van der Waals surface area contributed by atoms with Crippen LogP contribution in [0.25, 0.3) is 0 Å². The smallest absolute Gasteiger partial charge is 0.262 e. The summed E-state index contributed by atoms with van der Waals surface area (Å²) in [6, 6.07) is 15.2. The lowest BCUT2D eigenvalue weighted by Gasteiger charge is -2.51. The van der Waals surface area contributed by atoms with Crippen molar-refractivity contribution in [3.63, 3.8) is 0 Å². The van der Waals surface area contributed by atoms with Crippen LogP contribution in [0.5, 0.6) is 0 Å². The number of hydrogen-bond donors (Lipinski definition) is 0. The van der Waals surface area contributed by atoms with Gasteiger partial charge in [-0.15, -0.1) is 0 Å². The Bertz CT molecular complexity index is 841. The minimum atomic E-state index is -0.780. The molecular weight excluding hydrogens is 316 g/mol. The Labute approximate surface area is 145 Å². The van der Waals surface area contributed by atoms with Crippen molar-refractivity contribution >= 4 is 17.7 Å². The van der Waals surface area contributed by atoms with E-state index in [9.17, 15) is 14.4 Å². The third-order valence-electron chi connectivity index (χ3n) is 4.91. The van der Waals surface area contributed by atoms with E-state index in [0.29, 0.717) is 11.1 Å². The molecule has 4 rings (SSSR count). The zero-order chi connectivity index (χ0) is 17.7. The maximum atomic E-state index is 12.8. The number of β-lactam (4-membered cyclic amide) rings is 1. The molecule has 2 aromatic carbocycles. The van der Waals surface area contributed by atoms with Crippen LogP contribution in [-0.2, 0) is 4.79 Å². The van der Waals surface area contributed by atoms with E-state index in [4.69, 9.17) is 0 Å². The van der Waals surface area contributed by atoms with Crippen molar-refractivity contribution in [2.24, 2.45) is 0 Å². The molecule has 1 saturated heterocycles. The highest BCUT2D eigenvalue weighted by atomic mass is 16.2. The first-order valence-corrected chi connectivity index (χ1v) is 8.36. The molecule has 0 aromatic heterocycles. The second-order valence-electron chi connectivity index (χ2n) is 6.67. The average Bonchev–Trinajstić information content (AvgIpc) is 2.85. The van der Waals surface area contributed by atoms with Crippen LogP contribution >= 0.6 is 0 Å². The fourth-order valence-corrected chi connectivity index (χ4v) is 3.78. The van der Waals surface area contributed by atoms with Gasteiger partial charge in [-0.05, 0) is 31.5 Å².